The summed E-state index contributed by atoms with van der Waals surface area (Å²) in [7, 11) is 0. The van der Waals surface area contributed by atoms with E-state index in [1.54, 1.807) is 11.8 Å². The zero-order chi connectivity index (χ0) is 16.2. The van der Waals surface area contributed by atoms with Crippen molar-refractivity contribution in [1.29, 1.82) is 0 Å². The lowest BCUT2D eigenvalue weighted by molar-refractivity contribution is 0.406. The van der Waals surface area contributed by atoms with Crippen molar-refractivity contribution in [3.05, 3.63) is 30.3 Å². The van der Waals surface area contributed by atoms with Gasteiger partial charge in [0.15, 0.2) is 0 Å². The summed E-state index contributed by atoms with van der Waals surface area (Å²) in [6.45, 7) is 6.92. The fourth-order valence-electron chi connectivity index (χ4n) is 4.05. The van der Waals surface area contributed by atoms with Crippen LogP contribution < -0.4 is 0 Å². The fraction of sp³-hybridized carbons (Fsp3) is 0.588. The topological polar surface area (TPSA) is 43.6 Å². The van der Waals surface area contributed by atoms with Gasteiger partial charge in [-0.2, -0.15) is 4.68 Å². The van der Waals surface area contributed by atoms with Crippen LogP contribution >= 0.6 is 23.4 Å². The summed E-state index contributed by atoms with van der Waals surface area (Å²) >= 11 is 8.63. The highest BCUT2D eigenvalue weighted by molar-refractivity contribution is 7.99. The van der Waals surface area contributed by atoms with Crippen LogP contribution in [0.4, 0.5) is 0 Å². The lowest BCUT2D eigenvalue weighted by Crippen LogP contribution is -2.35. The lowest BCUT2D eigenvalue weighted by Gasteiger charge is -2.34. The maximum Gasteiger partial charge on any atom is 0.214 e. The summed E-state index contributed by atoms with van der Waals surface area (Å²) in [5.41, 5.74) is 1.42. The summed E-state index contributed by atoms with van der Waals surface area (Å²) in [5.74, 6) is 1.56. The molecule has 1 heterocycles. The second kappa shape index (κ2) is 5.21. The van der Waals surface area contributed by atoms with Gasteiger partial charge >= 0.3 is 0 Å². The quantitative estimate of drug-likeness (QED) is 0.780. The first-order valence-electron chi connectivity index (χ1n) is 8.09. The van der Waals surface area contributed by atoms with Crippen molar-refractivity contribution in [2.75, 3.05) is 0 Å². The van der Waals surface area contributed by atoms with E-state index in [2.05, 4.69) is 36.3 Å². The van der Waals surface area contributed by atoms with Gasteiger partial charge < -0.3 is 0 Å². The average molecular weight is 349 g/mol. The Balaban J connectivity index is 1.58. The van der Waals surface area contributed by atoms with Gasteiger partial charge in [0.05, 0.1) is 10.6 Å². The molecule has 4 atom stereocenters. The highest BCUT2D eigenvalue weighted by Crippen LogP contribution is 2.68. The van der Waals surface area contributed by atoms with E-state index in [4.69, 9.17) is 11.6 Å². The Hall–Kier alpha value is -1.07. The van der Waals surface area contributed by atoms with Gasteiger partial charge in [-0.25, -0.2) is 0 Å². The van der Waals surface area contributed by atoms with E-state index in [9.17, 15) is 0 Å². The average Bonchev–Trinajstić information content (AvgIpc) is 2.89. The fourth-order valence-corrected chi connectivity index (χ4v) is 5.66. The van der Waals surface area contributed by atoms with Gasteiger partial charge in [0, 0.05) is 5.25 Å². The standard InChI is InChI=1S/C17H21ClN4S/c1-16(2)12-9-14(17(3,18)10-13(12)16)23-15-19-20-21-22(15)11-7-5-4-6-8-11/h4-8,12-14H,9-10H2,1-3H3. The Morgan fingerprint density at radius 3 is 2.65 bits per heavy atom. The van der Waals surface area contributed by atoms with Crippen LogP contribution in [0.15, 0.2) is 35.5 Å². The Bertz CT molecular complexity index is 712. The van der Waals surface area contributed by atoms with Gasteiger partial charge in [0.1, 0.15) is 0 Å². The first kappa shape index (κ1) is 15.5. The third-order valence-corrected chi connectivity index (χ3v) is 7.75. The number of aromatic nitrogens is 4. The summed E-state index contributed by atoms with van der Waals surface area (Å²) in [5, 5.41) is 13.4. The molecular formula is C17H21ClN4S. The molecule has 0 amide bonds. The van der Waals surface area contributed by atoms with Crippen molar-refractivity contribution in [2.45, 2.75) is 48.9 Å². The Kier molecular flexibility index (Phi) is 3.50. The highest BCUT2D eigenvalue weighted by atomic mass is 35.5. The number of hydrogen-bond acceptors (Lipinski definition) is 4. The molecule has 23 heavy (non-hydrogen) atoms. The minimum Gasteiger partial charge on any atom is -0.188 e. The number of fused-ring (bicyclic) bond motifs is 1. The van der Waals surface area contributed by atoms with E-state index in [1.807, 2.05) is 35.0 Å². The Morgan fingerprint density at radius 1 is 1.17 bits per heavy atom. The van der Waals surface area contributed by atoms with Crippen molar-refractivity contribution in [3.8, 4) is 5.69 Å². The molecule has 2 fully saturated rings. The summed E-state index contributed by atoms with van der Waals surface area (Å²) in [4.78, 5) is -0.201. The van der Waals surface area contributed by atoms with Crippen molar-refractivity contribution >= 4 is 23.4 Å². The van der Waals surface area contributed by atoms with E-state index in [0.717, 1.165) is 35.5 Å². The van der Waals surface area contributed by atoms with E-state index < -0.39 is 0 Å². The maximum absolute atomic E-state index is 6.90. The number of nitrogens with zero attached hydrogens (tertiary/aromatic N) is 4. The third-order valence-electron chi connectivity index (χ3n) is 5.74. The summed E-state index contributed by atoms with van der Waals surface area (Å²) in [6, 6.07) is 10.0. The lowest BCUT2D eigenvalue weighted by atomic mass is 9.89. The van der Waals surface area contributed by atoms with E-state index >= 15 is 0 Å². The molecule has 0 saturated heterocycles. The minimum atomic E-state index is -0.201. The van der Waals surface area contributed by atoms with Crippen LogP contribution in [0, 0.1) is 17.3 Å². The Morgan fingerprint density at radius 2 is 1.91 bits per heavy atom. The predicted octanol–water partition coefficient (Wildman–Crippen LogP) is 4.19. The number of para-hydroxylation sites is 1. The molecule has 2 aromatic rings. The van der Waals surface area contributed by atoms with Crippen LogP contribution in [0.3, 0.4) is 0 Å². The SMILES string of the molecule is CC1(Cl)CC2C(CC1Sc1nnnn1-c1ccccc1)C2(C)C. The molecule has 0 spiro atoms. The zero-order valence-corrected chi connectivity index (χ0v) is 15.2. The maximum atomic E-state index is 6.90. The first-order chi connectivity index (χ1) is 10.9. The molecule has 0 bridgehead atoms. The highest BCUT2D eigenvalue weighted by Gasteiger charge is 2.63. The number of rotatable bonds is 3. The molecule has 0 N–H and O–H groups in total. The number of benzene rings is 1. The van der Waals surface area contributed by atoms with Gasteiger partial charge in [0.2, 0.25) is 5.16 Å². The normalized spacial score (nSPS) is 34.9. The summed E-state index contributed by atoms with van der Waals surface area (Å²) < 4.78 is 1.81. The predicted molar refractivity (Wildman–Crippen MR) is 93.1 cm³/mol. The number of alkyl halides is 1. The van der Waals surface area contributed by atoms with E-state index in [0.29, 0.717) is 10.7 Å². The molecule has 2 saturated carbocycles. The van der Waals surface area contributed by atoms with Crippen LogP contribution in [0.1, 0.15) is 33.6 Å². The van der Waals surface area contributed by atoms with Crippen molar-refractivity contribution in [1.82, 2.24) is 20.2 Å². The third kappa shape index (κ3) is 2.58. The van der Waals surface area contributed by atoms with Crippen LogP contribution in [-0.2, 0) is 0 Å². The van der Waals surface area contributed by atoms with Crippen molar-refractivity contribution < 1.29 is 0 Å². The second-order valence-electron chi connectivity index (χ2n) is 7.57. The molecule has 1 aromatic carbocycles. The van der Waals surface area contributed by atoms with E-state index in [-0.39, 0.29) is 4.87 Å². The number of hydrogen-bond donors (Lipinski definition) is 0. The molecule has 1 aromatic heterocycles. The van der Waals surface area contributed by atoms with Gasteiger partial charge in [-0.3, -0.25) is 0 Å². The molecule has 4 unspecified atom stereocenters. The monoisotopic (exact) mass is 348 g/mol. The van der Waals surface area contributed by atoms with Gasteiger partial charge in [-0.05, 0) is 59.6 Å². The second-order valence-corrected chi connectivity index (χ2v) is 9.60. The molecule has 0 radical (unpaired) electrons. The number of thioether (sulfide) groups is 1. The molecule has 2 aliphatic carbocycles. The largest absolute Gasteiger partial charge is 0.214 e. The van der Waals surface area contributed by atoms with E-state index in [1.165, 1.54) is 0 Å². The zero-order valence-electron chi connectivity index (χ0n) is 13.6. The molecule has 0 aliphatic heterocycles. The smallest absolute Gasteiger partial charge is 0.188 e. The van der Waals surface area contributed by atoms with Crippen molar-refractivity contribution in [2.24, 2.45) is 17.3 Å². The molecule has 122 valence electrons. The van der Waals surface area contributed by atoms with Crippen LogP contribution in [0.5, 0.6) is 0 Å². The number of tetrazole rings is 1. The van der Waals surface area contributed by atoms with Crippen molar-refractivity contribution in [3.63, 3.8) is 0 Å². The first-order valence-corrected chi connectivity index (χ1v) is 9.35. The van der Waals surface area contributed by atoms with Gasteiger partial charge in [-0.1, -0.05) is 43.8 Å². The molecule has 2 aliphatic rings. The Labute approximate surface area is 146 Å². The summed E-state index contributed by atoms with van der Waals surface area (Å²) in [6.07, 6.45) is 2.22. The molecular weight excluding hydrogens is 328 g/mol. The molecule has 6 heteroatoms. The van der Waals surface area contributed by atoms with Crippen LogP contribution in [0.2, 0.25) is 0 Å². The molecule has 4 rings (SSSR count). The molecule has 4 nitrogen and oxygen atoms in total. The van der Waals surface area contributed by atoms with Crippen LogP contribution in [-0.4, -0.2) is 30.3 Å². The van der Waals surface area contributed by atoms with Gasteiger partial charge in [0.25, 0.3) is 0 Å². The number of halogens is 1. The van der Waals surface area contributed by atoms with Gasteiger partial charge in [-0.15, -0.1) is 16.7 Å². The minimum absolute atomic E-state index is 0.201. The van der Waals surface area contributed by atoms with Crippen LogP contribution in [0.25, 0.3) is 5.69 Å².